The van der Waals surface area contributed by atoms with Crippen LogP contribution in [-0.2, 0) is 0 Å². The molecule has 0 N–H and O–H groups in total. The van der Waals surface area contributed by atoms with E-state index in [9.17, 15) is 4.39 Å². The van der Waals surface area contributed by atoms with Crippen LogP contribution in [-0.4, -0.2) is 59.7 Å². The van der Waals surface area contributed by atoms with Gasteiger partial charge in [-0.25, -0.2) is 9.37 Å². The van der Waals surface area contributed by atoms with E-state index >= 15 is 0 Å². The van der Waals surface area contributed by atoms with Crippen molar-refractivity contribution in [2.45, 2.75) is 167 Å². The van der Waals surface area contributed by atoms with E-state index in [0.717, 1.165) is 39.7 Å². The van der Waals surface area contributed by atoms with Crippen molar-refractivity contribution >= 4 is 124 Å². The fraction of sp³-hybridized carbons (Fsp3) is 0.291. The van der Waals surface area contributed by atoms with Crippen LogP contribution in [0.3, 0.4) is 0 Å². The molecular formula is C86H103FN6S4. The van der Waals surface area contributed by atoms with Gasteiger partial charge < -0.3 is 24.5 Å². The molecule has 0 unspecified atom stereocenters. The zero-order chi connectivity index (χ0) is 69.8. The van der Waals surface area contributed by atoms with Gasteiger partial charge in [0, 0.05) is 110 Å². The maximum Gasteiger partial charge on any atom is 0.147 e. The zero-order valence-electron chi connectivity index (χ0n) is 59.7. The average Bonchev–Trinajstić information content (AvgIpc) is 1.74. The minimum atomic E-state index is -0.188. The second kappa shape index (κ2) is 34.3. The Bertz CT molecular complexity index is 4230. The lowest BCUT2D eigenvalue weighted by Crippen LogP contribution is -2.26. The summed E-state index contributed by atoms with van der Waals surface area (Å²) in [6, 6.07) is 40.2. The summed E-state index contributed by atoms with van der Waals surface area (Å²) >= 11 is 7.06. The summed E-state index contributed by atoms with van der Waals surface area (Å²) in [6.45, 7) is 57.4. The minimum Gasteiger partial charge on any atom is -0.345 e. The summed E-state index contributed by atoms with van der Waals surface area (Å²) in [5, 5.41) is 9.21. The highest BCUT2D eigenvalue weighted by Gasteiger charge is 2.24. The number of nitrogens with zero attached hydrogens (tertiary/aromatic N) is 6. The van der Waals surface area contributed by atoms with Crippen molar-refractivity contribution < 1.29 is 4.39 Å². The van der Waals surface area contributed by atoms with E-state index in [1.165, 1.54) is 91.8 Å². The Morgan fingerprint density at radius 2 is 0.835 bits per heavy atom. The summed E-state index contributed by atoms with van der Waals surface area (Å²) in [6.07, 6.45) is 18.4. The summed E-state index contributed by atoms with van der Waals surface area (Å²) in [5.41, 5.74) is 23.1. The maximum absolute atomic E-state index is 13.7. The molecule has 0 aliphatic carbocycles. The van der Waals surface area contributed by atoms with Gasteiger partial charge in [0.2, 0.25) is 0 Å². The number of benzene rings is 5. The van der Waals surface area contributed by atoms with Crippen molar-refractivity contribution in [3.8, 4) is 0 Å². The zero-order valence-corrected chi connectivity index (χ0v) is 62.9. The van der Waals surface area contributed by atoms with Crippen molar-refractivity contribution in [2.24, 2.45) is 0 Å². The highest BCUT2D eigenvalue weighted by Crippen LogP contribution is 2.38. The molecular weight excluding hydrogens is 1260 g/mol. The van der Waals surface area contributed by atoms with E-state index in [1.807, 2.05) is 71.2 Å². The second-order valence-electron chi connectivity index (χ2n) is 26.6. The Kier molecular flexibility index (Phi) is 26.9. The van der Waals surface area contributed by atoms with Crippen molar-refractivity contribution in [1.82, 2.24) is 29.5 Å². The SMILES string of the molecule is C.C=C1c2ccc(C)cc2C=CN1C(C)C.C=C1c2ccccc2C(F)=CN1C(C)C.C=C1c2ccccc2C=CN1C(C)C.C=C1c2sccc2C=CN1C(C)C.C=C1c2scnc2C=CN1C(C)C.Cc1cc2ccsc2cc1C(C)C.Cc1cc2sccc2cc1C(C)C. The monoisotopic (exact) mass is 1370 g/mol. The summed E-state index contributed by atoms with van der Waals surface area (Å²) in [5.74, 6) is 1.07. The van der Waals surface area contributed by atoms with Crippen LogP contribution in [0.1, 0.15) is 198 Å². The Morgan fingerprint density at radius 1 is 0.392 bits per heavy atom. The van der Waals surface area contributed by atoms with Crippen LogP contribution in [0.15, 0.2) is 195 Å². The van der Waals surface area contributed by atoms with Gasteiger partial charge in [-0.3, -0.25) is 0 Å². The van der Waals surface area contributed by atoms with Crippen LogP contribution in [0.4, 0.5) is 4.39 Å². The normalized spacial score (nSPS) is 13.9. The lowest BCUT2D eigenvalue weighted by molar-refractivity contribution is 0.430. The minimum absolute atomic E-state index is 0. The molecule has 14 rings (SSSR count). The quantitative estimate of drug-likeness (QED) is 0.158. The molecule has 97 heavy (non-hydrogen) atoms. The lowest BCUT2D eigenvalue weighted by atomic mass is 9.97. The van der Waals surface area contributed by atoms with Crippen molar-refractivity contribution in [3.05, 3.63) is 277 Å². The van der Waals surface area contributed by atoms with Crippen LogP contribution in [0.25, 0.3) is 78.8 Å². The first-order valence-electron chi connectivity index (χ1n) is 33.4. The number of hydrogen-bond acceptors (Lipinski definition) is 10. The molecule has 508 valence electrons. The topological polar surface area (TPSA) is 29.1 Å². The molecule has 0 fully saturated rings. The number of thiazole rings is 1. The Labute approximate surface area is 597 Å². The van der Waals surface area contributed by atoms with Gasteiger partial charge in [0.15, 0.2) is 0 Å². The van der Waals surface area contributed by atoms with Gasteiger partial charge in [-0.1, -0.05) is 146 Å². The maximum atomic E-state index is 13.7. The number of halogens is 1. The second-order valence-corrected chi connectivity index (χ2v) is 30.3. The molecule has 0 radical (unpaired) electrons. The van der Waals surface area contributed by atoms with Crippen LogP contribution < -0.4 is 0 Å². The lowest BCUT2D eigenvalue weighted by Gasteiger charge is -2.31. The predicted molar refractivity (Wildman–Crippen MR) is 434 cm³/mol. The summed E-state index contributed by atoms with van der Waals surface area (Å²) < 4.78 is 16.6. The largest absolute Gasteiger partial charge is 0.345 e. The van der Waals surface area contributed by atoms with Gasteiger partial charge in [0.1, 0.15) is 5.83 Å². The first kappa shape index (κ1) is 76.1. The molecule has 11 heteroatoms. The molecule has 0 amide bonds. The molecule has 0 saturated heterocycles. The summed E-state index contributed by atoms with van der Waals surface area (Å²) in [7, 11) is 0. The molecule has 5 aliphatic heterocycles. The van der Waals surface area contributed by atoms with E-state index in [1.54, 1.807) is 28.7 Å². The van der Waals surface area contributed by atoms with Gasteiger partial charge in [0.25, 0.3) is 0 Å². The number of fused-ring (bicyclic) bond motifs is 7. The third-order valence-electron chi connectivity index (χ3n) is 17.3. The number of aromatic nitrogens is 1. The van der Waals surface area contributed by atoms with Gasteiger partial charge in [-0.2, -0.15) is 0 Å². The van der Waals surface area contributed by atoms with Gasteiger partial charge in [0.05, 0.1) is 32.4 Å². The summed E-state index contributed by atoms with van der Waals surface area (Å²) in [4.78, 5) is 17.4. The van der Waals surface area contributed by atoms with Crippen molar-refractivity contribution in [1.29, 1.82) is 0 Å². The van der Waals surface area contributed by atoms with Gasteiger partial charge in [-0.05, 0) is 228 Å². The fourth-order valence-electron chi connectivity index (χ4n) is 12.0. The first-order chi connectivity index (χ1) is 45.7. The average molecular weight is 1370 g/mol. The molecule has 5 aliphatic rings. The fourth-order valence-corrected chi connectivity index (χ4v) is 15.3. The van der Waals surface area contributed by atoms with Crippen molar-refractivity contribution in [2.75, 3.05) is 0 Å². The Balaban J connectivity index is 0.000000159. The predicted octanol–water partition coefficient (Wildman–Crippen LogP) is 26.2. The van der Waals surface area contributed by atoms with E-state index in [-0.39, 0.29) is 19.3 Å². The van der Waals surface area contributed by atoms with Crippen LogP contribution in [0.2, 0.25) is 0 Å². The third-order valence-corrected chi connectivity index (χ3v) is 20.9. The van der Waals surface area contributed by atoms with Crippen LogP contribution in [0, 0.1) is 20.8 Å². The molecule has 0 saturated carbocycles. The number of thiophene rings is 3. The number of aryl methyl sites for hydroxylation is 3. The van der Waals surface area contributed by atoms with Crippen LogP contribution >= 0.6 is 45.3 Å². The third kappa shape index (κ3) is 18.5. The first-order valence-corrected chi connectivity index (χ1v) is 36.9. The number of hydrogen-bond donors (Lipinski definition) is 0. The van der Waals surface area contributed by atoms with E-state index < -0.39 is 0 Å². The number of rotatable bonds is 7. The molecule has 6 nitrogen and oxygen atoms in total. The highest BCUT2D eigenvalue weighted by molar-refractivity contribution is 7.17. The standard InChI is InChI=1S/C14H17N.C13H14FN.C13H15N.2C12H14S.C11H13NS.C10H12N2S.CH4/c1-10(2)15-8-7-13-9-11(3)5-6-14(13)12(15)4;1-9(2)15-8-13(14)12-7-5-4-6-11(12)10(15)3;1-10(2)14-9-8-12-6-4-5-7-13(12)11(14)3;1-8(2)11-7-10-4-5-13-12(10)6-9(11)3;1-8(2)11-7-12-10(4-5-13-12)6-9(11)3;1-8(2)12-6-4-10-5-7-13-11(10)9(12)3;1-7(2)12-5-4-9-10(8(12)3)13-6-11-9;/h5-10H,4H2,1-3H3;4-9H,3H2,1-2H3;4-10H,3H2,1-2H3;2*4-8H,1-3H3;4-8H,3H2,1-2H3;4-7H,3H2,1-2H3;1H4. The smallest absolute Gasteiger partial charge is 0.147 e. The Morgan fingerprint density at radius 3 is 1.41 bits per heavy atom. The van der Waals surface area contributed by atoms with E-state index in [0.29, 0.717) is 41.6 Å². The molecule has 9 aromatic rings. The van der Waals surface area contributed by atoms with E-state index in [4.69, 9.17) is 0 Å². The Hall–Kier alpha value is -8.32. The molecule has 9 heterocycles. The molecule has 0 bridgehead atoms. The highest BCUT2D eigenvalue weighted by atomic mass is 32.1. The van der Waals surface area contributed by atoms with Gasteiger partial charge >= 0.3 is 0 Å². The molecule has 5 aromatic carbocycles. The van der Waals surface area contributed by atoms with E-state index in [2.05, 4.69) is 305 Å². The molecule has 0 atom stereocenters. The van der Waals surface area contributed by atoms with Gasteiger partial charge in [-0.15, -0.1) is 45.3 Å². The van der Waals surface area contributed by atoms with Crippen LogP contribution in [0.5, 0.6) is 0 Å². The van der Waals surface area contributed by atoms with Crippen molar-refractivity contribution in [3.63, 3.8) is 0 Å². The molecule has 4 aromatic heterocycles. The molecule has 0 spiro atoms.